The Kier molecular flexibility index (Phi) is 9.33. The third-order valence-corrected chi connectivity index (χ3v) is 7.46. The Morgan fingerprint density at radius 1 is 0.944 bits per heavy atom. The van der Waals surface area contributed by atoms with Gasteiger partial charge in [0.2, 0.25) is 11.9 Å². The summed E-state index contributed by atoms with van der Waals surface area (Å²) in [5.41, 5.74) is 8.72. The van der Waals surface area contributed by atoms with E-state index < -0.39 is 0 Å². The van der Waals surface area contributed by atoms with Gasteiger partial charge in [0, 0.05) is 40.5 Å². The summed E-state index contributed by atoms with van der Waals surface area (Å²) in [6, 6.07) is 12.4. The van der Waals surface area contributed by atoms with Crippen LogP contribution >= 0.6 is 23.5 Å². The average molecular weight is 522 g/mol. The normalized spacial score (nSPS) is 13.7. The van der Waals surface area contributed by atoms with E-state index in [0.29, 0.717) is 17.0 Å². The van der Waals surface area contributed by atoms with Crippen molar-refractivity contribution in [3.63, 3.8) is 0 Å². The molecule has 0 saturated heterocycles. The van der Waals surface area contributed by atoms with Gasteiger partial charge in [0.1, 0.15) is 0 Å². The van der Waals surface area contributed by atoms with Crippen LogP contribution in [0.3, 0.4) is 0 Å². The predicted octanol–water partition coefficient (Wildman–Crippen LogP) is 6.74. The van der Waals surface area contributed by atoms with Crippen LogP contribution in [0.25, 0.3) is 22.0 Å². The third kappa shape index (κ3) is 6.43. The molecule has 0 aliphatic heterocycles. The largest absolute Gasteiger partial charge is 0.351 e. The minimum absolute atomic E-state index is 0.482. The van der Waals surface area contributed by atoms with Gasteiger partial charge in [-0.05, 0) is 73.7 Å². The van der Waals surface area contributed by atoms with Crippen molar-refractivity contribution >= 4 is 46.3 Å². The van der Waals surface area contributed by atoms with Crippen LogP contribution in [-0.2, 0) is 6.42 Å². The molecule has 1 fully saturated rings. The van der Waals surface area contributed by atoms with Gasteiger partial charge >= 0.3 is 0 Å². The quantitative estimate of drug-likeness (QED) is 0.230. The van der Waals surface area contributed by atoms with E-state index in [4.69, 9.17) is 16.6 Å². The van der Waals surface area contributed by atoms with Gasteiger partial charge in [0.05, 0.1) is 10.5 Å². The summed E-state index contributed by atoms with van der Waals surface area (Å²) >= 11 is 7.61. The van der Waals surface area contributed by atoms with E-state index in [1.807, 2.05) is 42.9 Å². The smallest absolute Gasteiger partial charge is 0.233 e. The van der Waals surface area contributed by atoms with E-state index in [1.165, 1.54) is 56.7 Å². The number of hydrogen-bond acceptors (Lipinski definition) is 8. The van der Waals surface area contributed by atoms with Crippen molar-refractivity contribution < 1.29 is 0 Å². The fourth-order valence-corrected chi connectivity index (χ4v) is 5.18. The lowest BCUT2D eigenvalue weighted by atomic mass is 9.96. The summed E-state index contributed by atoms with van der Waals surface area (Å²) in [5.74, 6) is 1.27. The second-order valence-corrected chi connectivity index (χ2v) is 9.78. The standard InChI is InChI=1S/C26H27ClN6S.CH5N/c1-2-17-12-18(13-19-14-30-26(32-24(17)19)31-21-8-4-3-5-9-21)20-15-28-25(29-16-20)33-34-23-11-7-6-10-22(23)27;1-2/h6-7,10-16,21H,2-5,8-9H2,1H3,(H,28,29,33)(H,30,31,32);2H2,1H3. The van der Waals surface area contributed by atoms with Crippen LogP contribution in [0, 0.1) is 0 Å². The summed E-state index contributed by atoms with van der Waals surface area (Å²) < 4.78 is 3.16. The van der Waals surface area contributed by atoms with Crippen molar-refractivity contribution in [2.75, 3.05) is 17.1 Å². The third-order valence-electron chi connectivity index (χ3n) is 6.16. The highest BCUT2D eigenvalue weighted by Crippen LogP contribution is 2.30. The first-order valence-corrected chi connectivity index (χ1v) is 13.5. The van der Waals surface area contributed by atoms with Gasteiger partial charge in [-0.2, -0.15) is 0 Å². The van der Waals surface area contributed by atoms with Crippen LogP contribution in [0.15, 0.2) is 59.9 Å². The van der Waals surface area contributed by atoms with Gasteiger partial charge in [-0.3, -0.25) is 4.72 Å². The van der Waals surface area contributed by atoms with Crippen molar-refractivity contribution in [1.82, 2.24) is 19.9 Å². The van der Waals surface area contributed by atoms with Crippen LogP contribution in [-0.4, -0.2) is 33.0 Å². The number of fused-ring (bicyclic) bond motifs is 1. The van der Waals surface area contributed by atoms with Gasteiger partial charge in [-0.15, -0.1) is 0 Å². The molecule has 2 aromatic carbocycles. The molecule has 2 aromatic heterocycles. The number of rotatable bonds is 7. The molecule has 4 aromatic rings. The zero-order chi connectivity index (χ0) is 25.3. The summed E-state index contributed by atoms with van der Waals surface area (Å²) in [6.07, 6.45) is 12.8. The van der Waals surface area contributed by atoms with Crippen LogP contribution < -0.4 is 15.8 Å². The minimum Gasteiger partial charge on any atom is -0.351 e. The Bertz CT molecular complexity index is 1280. The SMILES string of the molecule is CCc1cc(-c2cnc(NSc3ccccc3Cl)nc2)cc2cnc(NC3CCCCC3)nc12.CN. The zero-order valence-corrected chi connectivity index (χ0v) is 22.2. The summed E-state index contributed by atoms with van der Waals surface area (Å²) in [7, 11) is 1.50. The monoisotopic (exact) mass is 521 g/mol. The van der Waals surface area contributed by atoms with Gasteiger partial charge in [0.25, 0.3) is 0 Å². The maximum atomic E-state index is 6.21. The van der Waals surface area contributed by atoms with Gasteiger partial charge in [-0.25, -0.2) is 19.9 Å². The van der Waals surface area contributed by atoms with E-state index in [0.717, 1.165) is 39.3 Å². The highest BCUT2D eigenvalue weighted by molar-refractivity contribution is 8.00. The van der Waals surface area contributed by atoms with E-state index in [2.05, 4.69) is 49.8 Å². The number of aromatic nitrogens is 4. The molecule has 7 nitrogen and oxygen atoms in total. The molecule has 188 valence electrons. The van der Waals surface area contributed by atoms with Crippen molar-refractivity contribution in [1.29, 1.82) is 0 Å². The molecular weight excluding hydrogens is 490 g/mol. The second kappa shape index (κ2) is 12.9. The molecule has 0 amide bonds. The Balaban J connectivity index is 0.00000148. The molecule has 0 bridgehead atoms. The predicted molar refractivity (Wildman–Crippen MR) is 151 cm³/mol. The zero-order valence-electron chi connectivity index (χ0n) is 20.7. The molecule has 1 saturated carbocycles. The van der Waals surface area contributed by atoms with E-state index in [-0.39, 0.29) is 0 Å². The molecule has 1 aliphatic carbocycles. The fraction of sp³-hybridized carbons (Fsp3) is 0.333. The molecule has 36 heavy (non-hydrogen) atoms. The van der Waals surface area contributed by atoms with Crippen molar-refractivity contribution in [2.24, 2.45) is 5.73 Å². The molecule has 0 spiro atoms. The molecular formula is C27H32ClN7S. The minimum atomic E-state index is 0.482. The summed E-state index contributed by atoms with van der Waals surface area (Å²) in [6.45, 7) is 2.16. The van der Waals surface area contributed by atoms with E-state index >= 15 is 0 Å². The van der Waals surface area contributed by atoms with Crippen LogP contribution in [0.1, 0.15) is 44.6 Å². The van der Waals surface area contributed by atoms with Gasteiger partial charge in [0.15, 0.2) is 0 Å². The van der Waals surface area contributed by atoms with Crippen LogP contribution in [0.4, 0.5) is 11.9 Å². The van der Waals surface area contributed by atoms with E-state index in [1.54, 1.807) is 0 Å². The molecule has 5 rings (SSSR count). The van der Waals surface area contributed by atoms with Crippen molar-refractivity contribution in [3.05, 3.63) is 65.6 Å². The Morgan fingerprint density at radius 2 is 1.67 bits per heavy atom. The fourth-order valence-electron chi connectivity index (χ4n) is 4.31. The lowest BCUT2D eigenvalue weighted by molar-refractivity contribution is 0.461. The first-order valence-electron chi connectivity index (χ1n) is 12.3. The first-order chi connectivity index (χ1) is 17.7. The highest BCUT2D eigenvalue weighted by atomic mass is 35.5. The molecule has 0 atom stereocenters. The number of benzene rings is 2. The molecule has 0 unspecified atom stereocenters. The Hall–Kier alpha value is -2.94. The Labute approximate surface area is 221 Å². The van der Waals surface area contributed by atoms with Gasteiger partial charge in [-0.1, -0.05) is 49.9 Å². The molecule has 0 radical (unpaired) electrons. The number of nitrogens with two attached hydrogens (primary N) is 1. The molecule has 2 heterocycles. The molecule has 9 heteroatoms. The Morgan fingerprint density at radius 3 is 2.39 bits per heavy atom. The number of aryl methyl sites for hydroxylation is 1. The highest BCUT2D eigenvalue weighted by Gasteiger charge is 2.15. The second-order valence-electron chi connectivity index (χ2n) is 8.53. The van der Waals surface area contributed by atoms with Crippen molar-refractivity contribution in [2.45, 2.75) is 56.4 Å². The average Bonchev–Trinajstić information content (AvgIpc) is 2.94. The number of halogens is 1. The lowest BCUT2D eigenvalue weighted by Crippen LogP contribution is -2.23. The molecule has 4 N–H and O–H groups in total. The number of nitrogens with one attached hydrogen (secondary N) is 2. The number of anilines is 2. The lowest BCUT2D eigenvalue weighted by Gasteiger charge is -2.22. The number of hydrogen-bond donors (Lipinski definition) is 3. The van der Waals surface area contributed by atoms with Gasteiger partial charge < -0.3 is 11.1 Å². The topological polar surface area (TPSA) is 102 Å². The molecule has 1 aliphatic rings. The van der Waals surface area contributed by atoms with Crippen LogP contribution in [0.2, 0.25) is 5.02 Å². The number of nitrogens with zero attached hydrogens (tertiary/aromatic N) is 4. The van der Waals surface area contributed by atoms with Crippen molar-refractivity contribution in [3.8, 4) is 11.1 Å². The maximum absolute atomic E-state index is 6.21. The first kappa shape index (κ1) is 26.1. The summed E-state index contributed by atoms with van der Waals surface area (Å²) in [4.78, 5) is 19.4. The van der Waals surface area contributed by atoms with E-state index in [9.17, 15) is 0 Å². The van der Waals surface area contributed by atoms with Crippen LogP contribution in [0.5, 0.6) is 0 Å². The summed E-state index contributed by atoms with van der Waals surface area (Å²) in [5, 5.41) is 5.27. The maximum Gasteiger partial charge on any atom is 0.233 e.